The van der Waals surface area contributed by atoms with Crippen molar-refractivity contribution in [2.75, 3.05) is 19.7 Å². The summed E-state index contributed by atoms with van der Waals surface area (Å²) in [5, 5.41) is 11.0. The van der Waals surface area contributed by atoms with E-state index in [4.69, 9.17) is 4.74 Å². The van der Waals surface area contributed by atoms with E-state index >= 15 is 0 Å². The molecular formula is C27H31N3O4. The fourth-order valence-corrected chi connectivity index (χ4v) is 4.75. The van der Waals surface area contributed by atoms with Gasteiger partial charge in [0.25, 0.3) is 5.56 Å². The lowest BCUT2D eigenvalue weighted by Crippen LogP contribution is -2.42. The molecule has 7 nitrogen and oxygen atoms in total. The van der Waals surface area contributed by atoms with E-state index in [1.165, 1.54) is 0 Å². The first-order valence-electron chi connectivity index (χ1n) is 11.8. The van der Waals surface area contributed by atoms with E-state index in [2.05, 4.69) is 9.88 Å². The quantitative estimate of drug-likeness (QED) is 0.541. The highest BCUT2D eigenvalue weighted by Gasteiger charge is 2.34. The zero-order chi connectivity index (χ0) is 24.1. The van der Waals surface area contributed by atoms with E-state index in [1.54, 1.807) is 23.0 Å². The molecule has 1 aromatic carbocycles. The van der Waals surface area contributed by atoms with Crippen LogP contribution in [0, 0.1) is 12.8 Å². The van der Waals surface area contributed by atoms with Crippen molar-refractivity contribution in [3.8, 4) is 5.75 Å². The molecule has 1 aliphatic rings. The SMILES string of the molecule is CCOC(=O)C1CCN([C@H](c2ccncc2)c2c(O)cc(C)n(Cc3ccccc3)c2=O)CC1. The van der Waals surface area contributed by atoms with Gasteiger partial charge in [-0.15, -0.1) is 0 Å². The minimum atomic E-state index is -0.443. The second-order valence-electron chi connectivity index (χ2n) is 8.71. The smallest absolute Gasteiger partial charge is 0.309 e. The van der Waals surface area contributed by atoms with Crippen LogP contribution in [-0.2, 0) is 16.1 Å². The Bertz CT molecular complexity index is 1170. The molecule has 1 fully saturated rings. The number of hydrogen-bond acceptors (Lipinski definition) is 6. The van der Waals surface area contributed by atoms with E-state index < -0.39 is 6.04 Å². The van der Waals surface area contributed by atoms with E-state index in [-0.39, 0.29) is 23.2 Å². The number of benzene rings is 1. The van der Waals surface area contributed by atoms with Crippen molar-refractivity contribution in [3.63, 3.8) is 0 Å². The van der Waals surface area contributed by atoms with Gasteiger partial charge in [0.1, 0.15) is 5.75 Å². The van der Waals surface area contributed by atoms with Gasteiger partial charge in [-0.05, 0) is 69.1 Å². The first-order chi connectivity index (χ1) is 16.5. The lowest BCUT2D eigenvalue weighted by Gasteiger charge is -2.37. The van der Waals surface area contributed by atoms with Gasteiger partial charge in [-0.25, -0.2) is 0 Å². The second kappa shape index (κ2) is 10.7. The Kier molecular flexibility index (Phi) is 7.43. The zero-order valence-corrected chi connectivity index (χ0v) is 19.7. The summed E-state index contributed by atoms with van der Waals surface area (Å²) in [7, 11) is 0. The molecule has 1 atom stereocenters. The molecule has 1 saturated heterocycles. The molecule has 0 amide bonds. The third kappa shape index (κ3) is 5.04. The lowest BCUT2D eigenvalue weighted by atomic mass is 9.91. The Morgan fingerprint density at radius 2 is 1.82 bits per heavy atom. The van der Waals surface area contributed by atoms with Gasteiger partial charge in [-0.1, -0.05) is 30.3 Å². The molecule has 0 saturated carbocycles. The number of esters is 1. The highest BCUT2D eigenvalue weighted by atomic mass is 16.5. The maximum absolute atomic E-state index is 13.8. The number of piperidine rings is 1. The molecule has 2 aromatic heterocycles. The summed E-state index contributed by atoms with van der Waals surface area (Å²) in [6, 6.07) is 14.8. The van der Waals surface area contributed by atoms with Gasteiger partial charge >= 0.3 is 5.97 Å². The topological polar surface area (TPSA) is 84.7 Å². The van der Waals surface area contributed by atoms with Crippen molar-refractivity contribution in [1.29, 1.82) is 0 Å². The van der Waals surface area contributed by atoms with Crippen LogP contribution in [0.15, 0.2) is 65.7 Å². The predicted octanol–water partition coefficient (Wildman–Crippen LogP) is 3.67. The third-order valence-electron chi connectivity index (χ3n) is 6.52. The van der Waals surface area contributed by atoms with Crippen LogP contribution in [0.3, 0.4) is 0 Å². The molecule has 0 spiro atoms. The number of rotatable bonds is 7. The average molecular weight is 462 g/mol. The van der Waals surface area contributed by atoms with Crippen molar-refractivity contribution in [2.45, 2.75) is 39.3 Å². The zero-order valence-electron chi connectivity index (χ0n) is 19.7. The highest BCUT2D eigenvalue weighted by Crippen LogP contribution is 2.35. The maximum Gasteiger partial charge on any atom is 0.309 e. The first-order valence-corrected chi connectivity index (χ1v) is 11.8. The molecule has 3 aromatic rings. The van der Waals surface area contributed by atoms with E-state index in [0.717, 1.165) is 11.1 Å². The maximum atomic E-state index is 13.8. The molecular weight excluding hydrogens is 430 g/mol. The molecule has 0 aliphatic carbocycles. The fraction of sp³-hybridized carbons (Fsp3) is 0.370. The Morgan fingerprint density at radius 3 is 2.47 bits per heavy atom. The minimum Gasteiger partial charge on any atom is -0.507 e. The summed E-state index contributed by atoms with van der Waals surface area (Å²) in [4.78, 5) is 32.4. The lowest BCUT2D eigenvalue weighted by molar-refractivity contribution is -0.149. The van der Waals surface area contributed by atoms with Crippen LogP contribution in [0.4, 0.5) is 0 Å². The summed E-state index contributed by atoms with van der Waals surface area (Å²) in [6.45, 7) is 5.67. The number of aryl methyl sites for hydroxylation is 1. The standard InChI is InChI=1S/C27H31N3O4/c1-3-34-27(33)22-11-15-29(16-12-22)25(21-9-13-28-14-10-21)24-23(31)17-19(2)30(26(24)32)18-20-7-5-4-6-8-20/h4-10,13-14,17,22,25,31H,3,11-12,15-16,18H2,1-2H3/t25-/m1/s1. The number of aromatic hydroxyl groups is 1. The molecule has 34 heavy (non-hydrogen) atoms. The van der Waals surface area contributed by atoms with Gasteiger partial charge in [-0.3, -0.25) is 19.5 Å². The molecule has 1 N–H and O–H groups in total. The first kappa shape index (κ1) is 23.7. The number of ether oxygens (including phenoxy) is 1. The highest BCUT2D eigenvalue weighted by molar-refractivity contribution is 5.72. The number of nitrogens with zero attached hydrogens (tertiary/aromatic N) is 3. The molecule has 7 heteroatoms. The number of likely N-dealkylation sites (tertiary alicyclic amines) is 1. The molecule has 0 unspecified atom stereocenters. The molecule has 3 heterocycles. The molecule has 0 radical (unpaired) electrons. The minimum absolute atomic E-state index is 0.0128. The van der Waals surface area contributed by atoms with Gasteiger partial charge < -0.3 is 14.4 Å². The second-order valence-corrected chi connectivity index (χ2v) is 8.71. The van der Waals surface area contributed by atoms with Crippen LogP contribution in [0.25, 0.3) is 0 Å². The summed E-state index contributed by atoms with van der Waals surface area (Å²) < 4.78 is 6.92. The predicted molar refractivity (Wildman–Crippen MR) is 130 cm³/mol. The van der Waals surface area contributed by atoms with Crippen molar-refractivity contribution in [3.05, 3.63) is 93.7 Å². The van der Waals surface area contributed by atoms with Crippen LogP contribution in [0.2, 0.25) is 0 Å². The monoisotopic (exact) mass is 461 g/mol. The van der Waals surface area contributed by atoms with Crippen molar-refractivity contribution < 1.29 is 14.6 Å². The average Bonchev–Trinajstić information content (AvgIpc) is 2.86. The van der Waals surface area contributed by atoms with E-state index in [0.29, 0.717) is 50.3 Å². The largest absolute Gasteiger partial charge is 0.507 e. The van der Waals surface area contributed by atoms with Gasteiger partial charge in [0.2, 0.25) is 0 Å². The Morgan fingerprint density at radius 1 is 1.15 bits per heavy atom. The van der Waals surface area contributed by atoms with Gasteiger partial charge in [-0.2, -0.15) is 0 Å². The number of hydrogen-bond donors (Lipinski definition) is 1. The van der Waals surface area contributed by atoms with E-state index in [1.807, 2.05) is 56.3 Å². The summed E-state index contributed by atoms with van der Waals surface area (Å²) in [5.41, 5.74) is 2.73. The van der Waals surface area contributed by atoms with Crippen LogP contribution in [-0.4, -0.2) is 45.2 Å². The summed E-state index contributed by atoms with van der Waals surface area (Å²) >= 11 is 0. The fourth-order valence-electron chi connectivity index (χ4n) is 4.75. The van der Waals surface area contributed by atoms with Crippen LogP contribution < -0.4 is 5.56 Å². The summed E-state index contributed by atoms with van der Waals surface area (Å²) in [5.74, 6) is -0.317. The Hall–Kier alpha value is -3.45. The van der Waals surface area contributed by atoms with Crippen LogP contribution in [0.5, 0.6) is 5.75 Å². The molecule has 0 bridgehead atoms. The number of pyridine rings is 2. The summed E-state index contributed by atoms with van der Waals surface area (Å²) in [6.07, 6.45) is 4.68. The van der Waals surface area contributed by atoms with Gasteiger partial charge in [0, 0.05) is 18.1 Å². The molecule has 178 valence electrons. The van der Waals surface area contributed by atoms with Gasteiger partial charge in [0.15, 0.2) is 0 Å². The van der Waals surface area contributed by atoms with Crippen molar-refractivity contribution in [2.24, 2.45) is 5.92 Å². The number of carbonyl (C=O) groups is 1. The van der Waals surface area contributed by atoms with E-state index in [9.17, 15) is 14.7 Å². The number of aromatic nitrogens is 2. The van der Waals surface area contributed by atoms with Crippen LogP contribution >= 0.6 is 0 Å². The van der Waals surface area contributed by atoms with Crippen molar-refractivity contribution >= 4 is 5.97 Å². The Labute approximate surface area is 199 Å². The van der Waals surface area contributed by atoms with Crippen molar-refractivity contribution in [1.82, 2.24) is 14.5 Å². The normalized spacial score (nSPS) is 15.7. The Balaban J connectivity index is 1.72. The van der Waals surface area contributed by atoms with Crippen LogP contribution in [0.1, 0.15) is 48.2 Å². The molecule has 1 aliphatic heterocycles. The van der Waals surface area contributed by atoms with Gasteiger partial charge in [0.05, 0.1) is 30.7 Å². The number of carbonyl (C=O) groups excluding carboxylic acids is 1. The molecule has 4 rings (SSSR count). The third-order valence-corrected chi connectivity index (χ3v) is 6.52.